The Morgan fingerprint density at radius 3 is 2.67 bits per heavy atom. The molecule has 1 aromatic carbocycles. The number of aromatic nitrogens is 1. The molecule has 2 nitrogen and oxygen atoms in total. The molecule has 1 atom stereocenters. The molecule has 3 heteroatoms. The van der Waals surface area contributed by atoms with Crippen molar-refractivity contribution in [3.63, 3.8) is 0 Å². The molecule has 0 radical (unpaired) electrons. The molecule has 0 aliphatic heterocycles. The molecule has 0 spiro atoms. The average Bonchev–Trinajstić information content (AvgIpc) is 2.40. The largest absolute Gasteiger partial charge is 0.388 e. The van der Waals surface area contributed by atoms with Crippen molar-refractivity contribution >= 4 is 11.6 Å². The first-order chi connectivity index (χ1) is 8.75. The van der Waals surface area contributed by atoms with Gasteiger partial charge in [0, 0.05) is 6.20 Å². The Labute approximate surface area is 112 Å². The Hall–Kier alpha value is -1.38. The van der Waals surface area contributed by atoms with Gasteiger partial charge in [0.15, 0.2) is 0 Å². The van der Waals surface area contributed by atoms with E-state index in [2.05, 4.69) is 17.1 Å². The number of aliphatic hydroxyl groups is 1. The Kier molecular flexibility index (Phi) is 4.73. The number of aliphatic hydroxyl groups excluding tert-OH is 1. The van der Waals surface area contributed by atoms with Crippen LogP contribution in [0.3, 0.4) is 0 Å². The second-order valence-corrected chi connectivity index (χ2v) is 4.69. The molecule has 18 heavy (non-hydrogen) atoms. The number of hydrogen-bond acceptors (Lipinski definition) is 2. The fraction of sp³-hybridized carbons (Fsp3) is 0.267. The maximum Gasteiger partial charge on any atom is 0.129 e. The molecule has 0 saturated carbocycles. The molecule has 0 bridgehead atoms. The minimum Gasteiger partial charge on any atom is -0.388 e. The van der Waals surface area contributed by atoms with E-state index >= 15 is 0 Å². The molecule has 0 saturated heterocycles. The van der Waals surface area contributed by atoms with Gasteiger partial charge in [-0.1, -0.05) is 41.9 Å². The van der Waals surface area contributed by atoms with Crippen molar-refractivity contribution in [2.24, 2.45) is 0 Å². The number of rotatable bonds is 5. The molecular formula is C15H16ClNO. The lowest BCUT2D eigenvalue weighted by Crippen LogP contribution is -1.99. The lowest BCUT2D eigenvalue weighted by atomic mass is 10.0. The Balaban J connectivity index is 1.83. The van der Waals surface area contributed by atoms with E-state index in [4.69, 9.17) is 11.6 Å². The highest BCUT2D eigenvalue weighted by Crippen LogP contribution is 2.21. The number of nitrogens with zero attached hydrogens (tertiary/aromatic N) is 1. The summed E-state index contributed by atoms with van der Waals surface area (Å²) in [4.78, 5) is 3.90. The number of halogens is 1. The van der Waals surface area contributed by atoms with Crippen molar-refractivity contribution in [3.8, 4) is 0 Å². The van der Waals surface area contributed by atoms with E-state index in [1.165, 1.54) is 5.56 Å². The normalized spacial score (nSPS) is 12.3. The predicted octanol–water partition coefficient (Wildman–Crippen LogP) is 3.79. The van der Waals surface area contributed by atoms with Gasteiger partial charge in [-0.05, 0) is 42.5 Å². The number of hydrogen-bond donors (Lipinski definition) is 1. The number of aryl methyl sites for hydroxylation is 1. The highest BCUT2D eigenvalue weighted by molar-refractivity contribution is 6.29. The van der Waals surface area contributed by atoms with E-state index in [1.807, 2.05) is 18.2 Å². The molecule has 2 rings (SSSR count). The smallest absolute Gasteiger partial charge is 0.129 e. The zero-order chi connectivity index (χ0) is 12.8. The molecule has 0 aliphatic carbocycles. The Morgan fingerprint density at radius 1 is 1.17 bits per heavy atom. The fourth-order valence-electron chi connectivity index (χ4n) is 1.94. The van der Waals surface area contributed by atoms with E-state index in [9.17, 15) is 5.11 Å². The lowest BCUT2D eigenvalue weighted by molar-refractivity contribution is 0.164. The van der Waals surface area contributed by atoms with E-state index < -0.39 is 6.10 Å². The monoisotopic (exact) mass is 261 g/mol. The molecular weight excluding hydrogens is 246 g/mol. The summed E-state index contributed by atoms with van der Waals surface area (Å²) in [6, 6.07) is 13.8. The summed E-state index contributed by atoms with van der Waals surface area (Å²) in [5.41, 5.74) is 2.14. The van der Waals surface area contributed by atoms with Gasteiger partial charge in [0.25, 0.3) is 0 Å². The predicted molar refractivity (Wildman–Crippen MR) is 73.6 cm³/mol. The summed E-state index contributed by atoms with van der Waals surface area (Å²) in [5.74, 6) is 0. The van der Waals surface area contributed by atoms with Crippen LogP contribution in [0.5, 0.6) is 0 Å². The van der Waals surface area contributed by atoms with Gasteiger partial charge in [0.2, 0.25) is 0 Å². The average molecular weight is 262 g/mol. The molecule has 2 aromatic rings. The molecule has 0 aliphatic rings. The first-order valence-electron chi connectivity index (χ1n) is 6.09. The van der Waals surface area contributed by atoms with Crippen molar-refractivity contribution in [2.45, 2.75) is 25.4 Å². The third kappa shape index (κ3) is 3.83. The van der Waals surface area contributed by atoms with Crippen molar-refractivity contribution < 1.29 is 5.11 Å². The van der Waals surface area contributed by atoms with Gasteiger partial charge in [-0.3, -0.25) is 0 Å². The zero-order valence-corrected chi connectivity index (χ0v) is 10.8. The standard InChI is InChI=1S/C15H16ClNO/c16-15-11-13(9-10-17-15)14(18)8-4-7-12-5-2-1-3-6-12/h1-3,5-6,9-11,14,18H,4,7-8H2. The van der Waals surface area contributed by atoms with Crippen LogP contribution in [0.15, 0.2) is 48.7 Å². The summed E-state index contributed by atoms with van der Waals surface area (Å²) in [6.07, 6.45) is 3.82. The maximum atomic E-state index is 10.0. The first kappa shape index (κ1) is 13.1. The van der Waals surface area contributed by atoms with Crippen molar-refractivity contribution in [1.29, 1.82) is 0 Å². The molecule has 94 valence electrons. The SMILES string of the molecule is OC(CCCc1ccccc1)c1ccnc(Cl)c1. The van der Waals surface area contributed by atoms with Gasteiger partial charge in [0.1, 0.15) is 5.15 Å². The van der Waals surface area contributed by atoms with Crippen LogP contribution >= 0.6 is 11.6 Å². The van der Waals surface area contributed by atoms with E-state index in [-0.39, 0.29) is 0 Å². The summed E-state index contributed by atoms with van der Waals surface area (Å²) in [7, 11) is 0. The highest BCUT2D eigenvalue weighted by atomic mass is 35.5. The van der Waals surface area contributed by atoms with Crippen LogP contribution in [-0.4, -0.2) is 10.1 Å². The first-order valence-corrected chi connectivity index (χ1v) is 6.47. The van der Waals surface area contributed by atoms with E-state index in [0.29, 0.717) is 5.15 Å². The molecule has 0 fully saturated rings. The molecule has 0 amide bonds. The van der Waals surface area contributed by atoms with Crippen LogP contribution in [0.4, 0.5) is 0 Å². The summed E-state index contributed by atoms with van der Waals surface area (Å²) in [5, 5.41) is 10.5. The number of pyridine rings is 1. The van der Waals surface area contributed by atoms with Gasteiger partial charge in [-0.2, -0.15) is 0 Å². The second-order valence-electron chi connectivity index (χ2n) is 4.31. The highest BCUT2D eigenvalue weighted by Gasteiger charge is 2.07. The Morgan fingerprint density at radius 2 is 1.94 bits per heavy atom. The molecule has 1 N–H and O–H groups in total. The zero-order valence-electron chi connectivity index (χ0n) is 10.1. The molecule has 1 heterocycles. The third-order valence-corrected chi connectivity index (χ3v) is 3.13. The minimum atomic E-state index is -0.464. The summed E-state index contributed by atoms with van der Waals surface area (Å²) < 4.78 is 0. The third-order valence-electron chi connectivity index (χ3n) is 2.92. The van der Waals surface area contributed by atoms with E-state index in [1.54, 1.807) is 18.3 Å². The van der Waals surface area contributed by atoms with Crippen molar-refractivity contribution in [3.05, 3.63) is 64.9 Å². The van der Waals surface area contributed by atoms with Crippen LogP contribution in [0.2, 0.25) is 5.15 Å². The van der Waals surface area contributed by atoms with Gasteiger partial charge in [-0.25, -0.2) is 4.98 Å². The Bertz CT molecular complexity index is 487. The minimum absolute atomic E-state index is 0.426. The van der Waals surface area contributed by atoms with Gasteiger partial charge in [-0.15, -0.1) is 0 Å². The van der Waals surface area contributed by atoms with Crippen LogP contribution in [-0.2, 0) is 6.42 Å². The van der Waals surface area contributed by atoms with E-state index in [0.717, 1.165) is 24.8 Å². The quantitative estimate of drug-likeness (QED) is 0.831. The maximum absolute atomic E-state index is 10.0. The van der Waals surface area contributed by atoms with Crippen molar-refractivity contribution in [1.82, 2.24) is 4.98 Å². The van der Waals surface area contributed by atoms with Gasteiger partial charge < -0.3 is 5.11 Å². The molecule has 1 unspecified atom stereocenters. The topological polar surface area (TPSA) is 33.1 Å². The second kappa shape index (κ2) is 6.53. The van der Waals surface area contributed by atoms with Crippen LogP contribution in [0.1, 0.15) is 30.1 Å². The molecule has 1 aromatic heterocycles. The number of benzene rings is 1. The van der Waals surface area contributed by atoms with Crippen LogP contribution in [0, 0.1) is 0 Å². The summed E-state index contributed by atoms with van der Waals surface area (Å²) >= 11 is 5.80. The van der Waals surface area contributed by atoms with Crippen LogP contribution in [0.25, 0.3) is 0 Å². The fourth-order valence-corrected chi connectivity index (χ4v) is 2.12. The van der Waals surface area contributed by atoms with Gasteiger partial charge >= 0.3 is 0 Å². The lowest BCUT2D eigenvalue weighted by Gasteiger charge is -2.10. The van der Waals surface area contributed by atoms with Gasteiger partial charge in [0.05, 0.1) is 6.10 Å². The summed E-state index contributed by atoms with van der Waals surface area (Å²) in [6.45, 7) is 0. The van der Waals surface area contributed by atoms with Crippen molar-refractivity contribution in [2.75, 3.05) is 0 Å². The van der Waals surface area contributed by atoms with Crippen LogP contribution < -0.4 is 0 Å².